The van der Waals surface area contributed by atoms with Crippen LogP contribution in [0.5, 0.6) is 0 Å². The molecule has 3 heterocycles. The van der Waals surface area contributed by atoms with Gasteiger partial charge in [-0.25, -0.2) is 4.98 Å². The minimum absolute atomic E-state index is 0.00439. The first kappa shape index (κ1) is 15.5. The Kier molecular flexibility index (Phi) is 4.75. The molecule has 2 atom stereocenters. The lowest BCUT2D eigenvalue weighted by atomic mass is 10.1. The Labute approximate surface area is 131 Å². The van der Waals surface area contributed by atoms with Crippen LogP contribution in [0.15, 0.2) is 12.4 Å². The lowest BCUT2D eigenvalue weighted by molar-refractivity contribution is -0.141. The lowest BCUT2D eigenvalue weighted by Crippen LogP contribution is -2.56. The topological polar surface area (TPSA) is 62.6 Å². The Balaban J connectivity index is 1.75. The van der Waals surface area contributed by atoms with Crippen molar-refractivity contribution in [2.24, 2.45) is 7.05 Å². The number of carbonyl (C=O) groups is 1. The first-order chi connectivity index (χ1) is 10.7. The number of carbonyl (C=O) groups excluding carboxylic acids is 1. The largest absolute Gasteiger partial charge is 0.379 e. The number of morpholine rings is 1. The average Bonchev–Trinajstić information content (AvgIpc) is 3.00. The molecule has 0 aliphatic carbocycles. The van der Waals surface area contributed by atoms with Crippen LogP contribution in [0.2, 0.25) is 0 Å². The molecule has 0 aromatic carbocycles. The summed E-state index contributed by atoms with van der Waals surface area (Å²) in [4.78, 5) is 21.6. The minimum Gasteiger partial charge on any atom is -0.379 e. The number of aryl methyl sites for hydroxylation is 1. The van der Waals surface area contributed by atoms with Gasteiger partial charge >= 0.3 is 0 Å². The molecule has 0 radical (unpaired) electrons. The van der Waals surface area contributed by atoms with E-state index in [1.165, 1.54) is 0 Å². The molecule has 3 rings (SSSR count). The van der Waals surface area contributed by atoms with Crippen molar-refractivity contribution >= 4 is 5.91 Å². The Bertz CT molecular complexity index is 512. The molecule has 0 spiro atoms. The number of amides is 1. The van der Waals surface area contributed by atoms with E-state index in [2.05, 4.69) is 15.2 Å². The molecule has 122 valence electrons. The summed E-state index contributed by atoms with van der Waals surface area (Å²) in [6, 6.07) is -0.102. The van der Waals surface area contributed by atoms with E-state index < -0.39 is 0 Å². The zero-order valence-corrected chi connectivity index (χ0v) is 13.4. The van der Waals surface area contributed by atoms with Gasteiger partial charge in [-0.15, -0.1) is 0 Å². The van der Waals surface area contributed by atoms with Crippen molar-refractivity contribution in [2.45, 2.75) is 19.0 Å². The van der Waals surface area contributed by atoms with Gasteiger partial charge < -0.3 is 19.5 Å². The molecule has 2 saturated heterocycles. The minimum atomic E-state index is -0.107. The smallest absolute Gasteiger partial charge is 0.240 e. The summed E-state index contributed by atoms with van der Waals surface area (Å²) in [5.74, 6) is 1.13. The standard InChI is InChI=1S/C15H25N5O2/c1-12(19-7-9-22-10-8-19)15(21)20-6-3-16-11-13(20)14-17-4-5-18(14)2/h4-5,12-13,16H,3,6-11H2,1-2H3. The summed E-state index contributed by atoms with van der Waals surface area (Å²) in [5.41, 5.74) is 0. The lowest BCUT2D eigenvalue weighted by Gasteiger charge is -2.40. The van der Waals surface area contributed by atoms with Gasteiger partial charge in [-0.05, 0) is 6.92 Å². The van der Waals surface area contributed by atoms with E-state index in [9.17, 15) is 4.79 Å². The molecule has 1 N–H and O–H groups in total. The van der Waals surface area contributed by atoms with Gasteiger partial charge in [-0.1, -0.05) is 0 Å². The molecule has 0 saturated carbocycles. The van der Waals surface area contributed by atoms with E-state index in [1.54, 1.807) is 6.20 Å². The van der Waals surface area contributed by atoms with Crippen molar-refractivity contribution in [3.8, 4) is 0 Å². The van der Waals surface area contributed by atoms with Gasteiger partial charge in [0.15, 0.2) is 0 Å². The van der Waals surface area contributed by atoms with Gasteiger partial charge in [0.05, 0.1) is 19.3 Å². The second kappa shape index (κ2) is 6.76. The maximum Gasteiger partial charge on any atom is 0.240 e. The predicted molar refractivity (Wildman–Crippen MR) is 82.4 cm³/mol. The summed E-state index contributed by atoms with van der Waals surface area (Å²) in [6.45, 7) is 7.40. The summed E-state index contributed by atoms with van der Waals surface area (Å²) in [7, 11) is 1.98. The summed E-state index contributed by atoms with van der Waals surface area (Å²) in [5, 5.41) is 3.37. The highest BCUT2D eigenvalue weighted by Gasteiger charge is 2.34. The summed E-state index contributed by atoms with van der Waals surface area (Å²) in [6.07, 6.45) is 3.72. The Morgan fingerprint density at radius 2 is 2.18 bits per heavy atom. The zero-order valence-electron chi connectivity index (χ0n) is 13.4. The van der Waals surface area contributed by atoms with Gasteiger partial charge in [0.25, 0.3) is 0 Å². The molecule has 7 heteroatoms. The number of nitrogens with zero attached hydrogens (tertiary/aromatic N) is 4. The zero-order chi connectivity index (χ0) is 15.5. The van der Waals surface area contributed by atoms with E-state index >= 15 is 0 Å². The number of aromatic nitrogens is 2. The quantitative estimate of drug-likeness (QED) is 0.824. The number of piperazine rings is 1. The van der Waals surface area contributed by atoms with Crippen LogP contribution < -0.4 is 5.32 Å². The second-order valence-electron chi connectivity index (χ2n) is 5.97. The van der Waals surface area contributed by atoms with Gasteiger partial charge in [-0.3, -0.25) is 9.69 Å². The molecule has 2 aliphatic rings. The monoisotopic (exact) mass is 307 g/mol. The molecule has 2 unspecified atom stereocenters. The molecule has 2 aliphatic heterocycles. The first-order valence-electron chi connectivity index (χ1n) is 7.98. The SMILES string of the molecule is CC(C(=O)N1CCNCC1c1nccn1C)N1CCOCC1. The van der Waals surface area contributed by atoms with E-state index in [0.29, 0.717) is 13.2 Å². The van der Waals surface area contributed by atoms with Crippen LogP contribution in [-0.2, 0) is 16.6 Å². The van der Waals surface area contributed by atoms with E-state index in [0.717, 1.165) is 38.5 Å². The van der Waals surface area contributed by atoms with Crippen molar-refractivity contribution in [1.82, 2.24) is 24.7 Å². The first-order valence-corrected chi connectivity index (χ1v) is 7.98. The molecule has 1 amide bonds. The highest BCUT2D eigenvalue weighted by atomic mass is 16.5. The third-order valence-electron chi connectivity index (χ3n) is 4.63. The van der Waals surface area contributed by atoms with Crippen molar-refractivity contribution in [1.29, 1.82) is 0 Å². The van der Waals surface area contributed by atoms with Gasteiger partial charge in [0.2, 0.25) is 5.91 Å². The highest BCUT2D eigenvalue weighted by molar-refractivity contribution is 5.82. The third kappa shape index (κ3) is 3.02. The maximum absolute atomic E-state index is 13.0. The van der Waals surface area contributed by atoms with Crippen LogP contribution in [0, 0.1) is 0 Å². The highest BCUT2D eigenvalue weighted by Crippen LogP contribution is 2.22. The predicted octanol–water partition coefficient (Wildman–Crippen LogP) is -0.386. The average molecular weight is 307 g/mol. The third-order valence-corrected chi connectivity index (χ3v) is 4.63. The summed E-state index contributed by atoms with van der Waals surface area (Å²) < 4.78 is 7.38. The van der Waals surface area contributed by atoms with Gasteiger partial charge in [-0.2, -0.15) is 0 Å². The van der Waals surface area contributed by atoms with Crippen LogP contribution in [0.1, 0.15) is 18.8 Å². The van der Waals surface area contributed by atoms with Gasteiger partial charge in [0.1, 0.15) is 11.9 Å². The fraction of sp³-hybridized carbons (Fsp3) is 0.733. The molecule has 7 nitrogen and oxygen atoms in total. The van der Waals surface area contributed by atoms with Crippen molar-refractivity contribution in [3.63, 3.8) is 0 Å². The maximum atomic E-state index is 13.0. The molecule has 0 bridgehead atoms. The molecule has 1 aromatic rings. The van der Waals surface area contributed by atoms with E-state index in [4.69, 9.17) is 4.74 Å². The fourth-order valence-electron chi connectivity index (χ4n) is 3.26. The van der Waals surface area contributed by atoms with Crippen LogP contribution in [0.3, 0.4) is 0 Å². The number of rotatable bonds is 3. The van der Waals surface area contributed by atoms with E-state index in [1.807, 2.05) is 29.6 Å². The van der Waals surface area contributed by atoms with Crippen LogP contribution in [0.25, 0.3) is 0 Å². The molecular weight excluding hydrogens is 282 g/mol. The number of hydrogen-bond acceptors (Lipinski definition) is 5. The molecule has 22 heavy (non-hydrogen) atoms. The Morgan fingerprint density at radius 3 is 2.86 bits per heavy atom. The normalized spacial score (nSPS) is 25.2. The van der Waals surface area contributed by atoms with Crippen molar-refractivity contribution < 1.29 is 9.53 Å². The Hall–Kier alpha value is -1.44. The number of hydrogen-bond donors (Lipinski definition) is 1. The number of nitrogens with one attached hydrogen (secondary N) is 1. The second-order valence-corrected chi connectivity index (χ2v) is 5.97. The van der Waals surface area contributed by atoms with Crippen LogP contribution in [0.4, 0.5) is 0 Å². The van der Waals surface area contributed by atoms with E-state index in [-0.39, 0.29) is 18.0 Å². The van der Waals surface area contributed by atoms with Crippen LogP contribution >= 0.6 is 0 Å². The fourth-order valence-corrected chi connectivity index (χ4v) is 3.26. The molecule has 2 fully saturated rings. The number of imidazole rings is 1. The van der Waals surface area contributed by atoms with Crippen molar-refractivity contribution in [3.05, 3.63) is 18.2 Å². The van der Waals surface area contributed by atoms with Crippen molar-refractivity contribution in [2.75, 3.05) is 45.9 Å². The molecular formula is C15H25N5O2. The van der Waals surface area contributed by atoms with Crippen LogP contribution in [-0.4, -0.2) is 77.2 Å². The molecule has 1 aromatic heterocycles. The Morgan fingerprint density at radius 1 is 1.41 bits per heavy atom. The number of ether oxygens (including phenoxy) is 1. The van der Waals surface area contributed by atoms with Gasteiger partial charge in [0, 0.05) is 52.2 Å². The summed E-state index contributed by atoms with van der Waals surface area (Å²) >= 11 is 0.